The van der Waals surface area contributed by atoms with Gasteiger partial charge in [-0.2, -0.15) is 0 Å². The van der Waals surface area contributed by atoms with Crippen molar-refractivity contribution in [2.45, 2.75) is 38.3 Å². The number of carbonyl (C=O) groups excluding carboxylic acids is 1. The number of fused-ring (bicyclic) bond motifs is 1. The summed E-state index contributed by atoms with van der Waals surface area (Å²) in [5.41, 5.74) is -1.48. The summed E-state index contributed by atoms with van der Waals surface area (Å²) < 4.78 is 22.0. The van der Waals surface area contributed by atoms with E-state index >= 15 is 4.39 Å². The number of likely N-dealkylation sites (tertiary alicyclic amines) is 1. The number of hydrogen-bond acceptors (Lipinski definition) is 6. The molecule has 1 aliphatic rings. The molecule has 11 heteroatoms. The van der Waals surface area contributed by atoms with Crippen LogP contribution >= 0.6 is 23.2 Å². The van der Waals surface area contributed by atoms with Crippen molar-refractivity contribution in [2.24, 2.45) is 7.05 Å². The number of nitrogens with zero attached hydrogens (tertiary/aromatic N) is 4. The van der Waals surface area contributed by atoms with Crippen LogP contribution in [0.3, 0.4) is 0 Å². The highest BCUT2D eigenvalue weighted by Crippen LogP contribution is 2.43. The number of carbonyl (C=O) groups is 1. The van der Waals surface area contributed by atoms with Crippen LogP contribution in [0, 0.1) is 5.82 Å². The van der Waals surface area contributed by atoms with E-state index in [-0.39, 0.29) is 39.8 Å². The quantitative estimate of drug-likeness (QED) is 0.515. The number of hydrogen-bond donors (Lipinski definition) is 1. The van der Waals surface area contributed by atoms with E-state index in [2.05, 4.69) is 15.3 Å². The summed E-state index contributed by atoms with van der Waals surface area (Å²) in [6.45, 7) is 5.64. The van der Waals surface area contributed by atoms with Crippen LogP contribution in [0.25, 0.3) is 11.0 Å². The summed E-state index contributed by atoms with van der Waals surface area (Å²) in [6, 6.07) is 5.90. The van der Waals surface area contributed by atoms with Crippen LogP contribution in [0.5, 0.6) is 0 Å². The second kappa shape index (κ2) is 8.70. The molecule has 0 saturated carbocycles. The van der Waals surface area contributed by atoms with Crippen molar-refractivity contribution in [1.29, 1.82) is 0 Å². The summed E-state index contributed by atoms with van der Waals surface area (Å²) in [6.07, 6.45) is 1.19. The Balaban J connectivity index is 1.80. The number of amides is 1. The molecule has 1 atom stereocenters. The monoisotopic (exact) mass is 507 g/mol. The number of nitrogens with one attached hydrogen (secondary N) is 1. The fourth-order valence-corrected chi connectivity index (χ4v) is 4.51. The molecule has 3 aromatic rings. The molecule has 0 aliphatic carbocycles. The molecule has 0 radical (unpaired) electrons. The number of aromatic nitrogens is 3. The molecule has 3 heterocycles. The van der Waals surface area contributed by atoms with Crippen LogP contribution in [0.1, 0.15) is 32.8 Å². The minimum absolute atomic E-state index is 0.0403. The summed E-state index contributed by atoms with van der Waals surface area (Å²) in [5, 5.41) is 3.47. The minimum Gasteiger partial charge on any atom is -0.444 e. The normalized spacial score (nSPS) is 18.4. The van der Waals surface area contributed by atoms with Crippen molar-refractivity contribution in [3.63, 3.8) is 0 Å². The molecule has 180 valence electrons. The van der Waals surface area contributed by atoms with Gasteiger partial charge in [0.25, 0.3) is 5.56 Å². The van der Waals surface area contributed by atoms with Gasteiger partial charge in [0.15, 0.2) is 5.52 Å². The molecule has 1 N–H and O–H groups in total. The van der Waals surface area contributed by atoms with Gasteiger partial charge in [0, 0.05) is 19.2 Å². The van der Waals surface area contributed by atoms with Crippen LogP contribution in [0.4, 0.5) is 15.0 Å². The van der Waals surface area contributed by atoms with E-state index in [0.29, 0.717) is 17.8 Å². The Labute approximate surface area is 205 Å². The lowest BCUT2D eigenvalue weighted by Gasteiger charge is -2.33. The number of rotatable bonds is 3. The predicted molar refractivity (Wildman–Crippen MR) is 129 cm³/mol. The molecule has 1 fully saturated rings. The SMILES string of the molecule is Cn1cnc2ccc(N[C@@]3(c4c(F)ccc(Cl)c4Cl)CCN(C(=O)OC(C)(C)C)C3)nc2c1=O. The van der Waals surface area contributed by atoms with Crippen LogP contribution < -0.4 is 10.9 Å². The molecule has 8 nitrogen and oxygen atoms in total. The average Bonchev–Trinajstić information content (AvgIpc) is 3.18. The third-order valence-corrected chi connectivity index (χ3v) is 6.38. The van der Waals surface area contributed by atoms with Crippen LogP contribution in [0.2, 0.25) is 10.0 Å². The second-order valence-corrected chi connectivity index (χ2v) is 10.1. The minimum atomic E-state index is -1.17. The van der Waals surface area contributed by atoms with Crippen LogP contribution in [-0.2, 0) is 17.3 Å². The van der Waals surface area contributed by atoms with E-state index < -0.39 is 23.1 Å². The Bertz CT molecular complexity index is 1340. The van der Waals surface area contributed by atoms with Gasteiger partial charge in [0.1, 0.15) is 17.2 Å². The first-order chi connectivity index (χ1) is 15.9. The summed E-state index contributed by atoms with van der Waals surface area (Å²) in [4.78, 5) is 35.5. The lowest BCUT2D eigenvalue weighted by Crippen LogP contribution is -2.42. The Morgan fingerprint density at radius 1 is 1.24 bits per heavy atom. The van der Waals surface area contributed by atoms with Crippen molar-refractivity contribution >= 4 is 46.1 Å². The number of aryl methyl sites for hydroxylation is 1. The zero-order valence-corrected chi connectivity index (χ0v) is 20.7. The van der Waals surface area contributed by atoms with E-state index in [1.54, 1.807) is 40.0 Å². The third-order valence-electron chi connectivity index (χ3n) is 5.58. The highest BCUT2D eigenvalue weighted by molar-refractivity contribution is 6.42. The second-order valence-electron chi connectivity index (χ2n) is 9.30. The molecular weight excluding hydrogens is 484 g/mol. The maximum Gasteiger partial charge on any atom is 0.410 e. The molecule has 1 amide bonds. The van der Waals surface area contributed by atoms with Gasteiger partial charge in [-0.3, -0.25) is 4.79 Å². The molecule has 1 aliphatic heterocycles. The fourth-order valence-electron chi connectivity index (χ4n) is 4.02. The lowest BCUT2D eigenvalue weighted by molar-refractivity contribution is 0.0286. The Morgan fingerprint density at radius 3 is 2.68 bits per heavy atom. The maximum absolute atomic E-state index is 15.2. The molecule has 0 bridgehead atoms. The Morgan fingerprint density at radius 2 is 1.97 bits per heavy atom. The molecule has 4 rings (SSSR count). The van der Waals surface area contributed by atoms with Gasteiger partial charge in [-0.15, -0.1) is 0 Å². The Hall–Kier alpha value is -2.91. The molecule has 2 aromatic heterocycles. The molecule has 0 spiro atoms. The standard InChI is InChI=1S/C23H24Cl2FN5O3/c1-22(2,3)34-21(33)31-10-9-23(11-31,17-14(26)6-5-13(24)18(17)25)29-16-8-7-15-19(28-16)20(32)30(4)12-27-15/h5-8,12H,9-11H2,1-4H3,(H,28,29)/t23-/m0/s1. The van der Waals surface area contributed by atoms with E-state index in [1.807, 2.05) is 0 Å². The largest absolute Gasteiger partial charge is 0.444 e. The molecule has 1 aromatic carbocycles. The number of benzene rings is 1. The van der Waals surface area contributed by atoms with Crippen molar-refractivity contribution in [2.75, 3.05) is 18.4 Å². The van der Waals surface area contributed by atoms with Gasteiger partial charge in [0.05, 0.1) is 34.0 Å². The van der Waals surface area contributed by atoms with E-state index in [1.165, 1.54) is 27.9 Å². The first-order valence-corrected chi connectivity index (χ1v) is 11.4. The summed E-state index contributed by atoms with van der Waals surface area (Å²) in [5.74, 6) is -0.273. The summed E-state index contributed by atoms with van der Waals surface area (Å²) >= 11 is 12.7. The number of ether oxygens (including phenoxy) is 1. The zero-order valence-electron chi connectivity index (χ0n) is 19.2. The van der Waals surface area contributed by atoms with Gasteiger partial charge in [-0.05, 0) is 51.5 Å². The van der Waals surface area contributed by atoms with E-state index in [9.17, 15) is 9.59 Å². The van der Waals surface area contributed by atoms with Gasteiger partial charge in [-0.25, -0.2) is 19.2 Å². The first kappa shape index (κ1) is 24.2. The predicted octanol–water partition coefficient (Wildman–Crippen LogP) is 4.72. The van der Waals surface area contributed by atoms with Crippen molar-refractivity contribution in [1.82, 2.24) is 19.4 Å². The van der Waals surface area contributed by atoms with Crippen LogP contribution in [-0.4, -0.2) is 44.2 Å². The molecular formula is C23H24Cl2FN5O3. The average molecular weight is 508 g/mol. The zero-order chi connectivity index (χ0) is 24.8. The highest BCUT2D eigenvalue weighted by atomic mass is 35.5. The maximum atomic E-state index is 15.2. The first-order valence-electron chi connectivity index (χ1n) is 10.6. The van der Waals surface area contributed by atoms with Crippen molar-refractivity contribution in [3.8, 4) is 0 Å². The van der Waals surface area contributed by atoms with Crippen LogP contribution in [0.15, 0.2) is 35.4 Å². The molecule has 34 heavy (non-hydrogen) atoms. The number of anilines is 1. The Kier molecular flexibility index (Phi) is 6.20. The third kappa shape index (κ3) is 4.54. The van der Waals surface area contributed by atoms with Gasteiger partial charge in [0.2, 0.25) is 0 Å². The molecule has 0 unspecified atom stereocenters. The summed E-state index contributed by atoms with van der Waals surface area (Å²) in [7, 11) is 1.58. The number of pyridine rings is 1. The van der Waals surface area contributed by atoms with E-state index in [0.717, 1.165) is 0 Å². The van der Waals surface area contributed by atoms with Crippen molar-refractivity contribution in [3.05, 3.63) is 62.4 Å². The fraction of sp³-hybridized carbons (Fsp3) is 0.391. The number of halogens is 3. The van der Waals surface area contributed by atoms with Crippen molar-refractivity contribution < 1.29 is 13.9 Å². The highest BCUT2D eigenvalue weighted by Gasteiger charge is 2.46. The van der Waals surface area contributed by atoms with Gasteiger partial charge >= 0.3 is 6.09 Å². The smallest absolute Gasteiger partial charge is 0.410 e. The van der Waals surface area contributed by atoms with Gasteiger partial charge in [-0.1, -0.05) is 23.2 Å². The lowest BCUT2D eigenvalue weighted by atomic mass is 9.88. The van der Waals surface area contributed by atoms with E-state index in [4.69, 9.17) is 27.9 Å². The molecule has 1 saturated heterocycles. The topological polar surface area (TPSA) is 89.3 Å². The van der Waals surface area contributed by atoms with Gasteiger partial charge < -0.3 is 19.5 Å².